The van der Waals surface area contributed by atoms with Gasteiger partial charge in [-0.2, -0.15) is 20.7 Å². The maximum absolute atomic E-state index is 13.6. The third-order valence-electron chi connectivity index (χ3n) is 13.4. The van der Waals surface area contributed by atoms with E-state index in [0.29, 0.717) is 49.6 Å². The summed E-state index contributed by atoms with van der Waals surface area (Å²) in [6, 6.07) is 8.30. The van der Waals surface area contributed by atoms with Crippen molar-refractivity contribution in [3.8, 4) is 34.7 Å². The first-order chi connectivity index (χ1) is 35.4. The molecule has 25 heteroatoms. The summed E-state index contributed by atoms with van der Waals surface area (Å²) in [5, 5.41) is 29.5. The van der Waals surface area contributed by atoms with Crippen molar-refractivity contribution in [3.63, 3.8) is 0 Å². The number of carbonyl (C=O) groups excluding carboxylic acids is 2. The molecular weight excluding hydrogens is 1060 g/mol. The average molecular weight is 1130 g/mol. The van der Waals surface area contributed by atoms with E-state index in [-0.39, 0.29) is 34.3 Å². The molecule has 10 rings (SSSR count). The van der Waals surface area contributed by atoms with Crippen LogP contribution in [0.3, 0.4) is 0 Å². The third-order valence-corrected chi connectivity index (χ3v) is 18.4. The highest BCUT2D eigenvalue weighted by Gasteiger charge is 2.53. The predicted octanol–water partition coefficient (Wildman–Crippen LogP) is 9.32. The van der Waals surface area contributed by atoms with E-state index >= 15 is 0 Å². The summed E-state index contributed by atoms with van der Waals surface area (Å²) >= 11 is 14.4. The highest BCUT2D eigenvalue weighted by Crippen LogP contribution is 2.44. The largest absolute Gasteiger partial charge is 0.273 e. The van der Waals surface area contributed by atoms with Crippen molar-refractivity contribution < 1.29 is 22.2 Å². The van der Waals surface area contributed by atoms with Gasteiger partial charge >= 0.3 is 0 Å². The molecule has 6 aromatic rings. The van der Waals surface area contributed by atoms with Gasteiger partial charge in [0, 0.05) is 83.7 Å². The highest BCUT2D eigenvalue weighted by atomic mass is 35.6. The predicted molar refractivity (Wildman–Crippen MR) is 291 cm³/mol. The van der Waals surface area contributed by atoms with E-state index in [2.05, 4.69) is 51.4 Å². The van der Waals surface area contributed by atoms with Crippen LogP contribution in [0, 0.1) is 33.5 Å². The molecule has 1 saturated heterocycles. The SMILES string of the molecule is CC(C)(C)C(=O)n1ccc2c(-c3cnn(C4(CC#N)CCC4)c3)ncnc21.CCN=S(=O)(C1CC1)N1CC(CC#N)(n2cc(-c3ncnc4c3ccn4C(=O)C(C)(C)C)cn2)C1.CCNS(=O)(=O)C1CC1.ClC(Cl)Cl. The number of sulfonamides is 1. The number of nitrogens with zero attached hydrogens (tertiary/aromatic N) is 14. The van der Waals surface area contributed by atoms with E-state index in [0.717, 1.165) is 72.5 Å². The monoisotopic (exact) mass is 1120 g/mol. The van der Waals surface area contributed by atoms with Gasteiger partial charge in [0.25, 0.3) is 0 Å². The number of alkyl halides is 3. The number of nitrogens with one attached hydrogen (secondary N) is 1. The molecule has 0 amide bonds. The van der Waals surface area contributed by atoms with Gasteiger partial charge in [-0.15, -0.1) is 0 Å². The summed E-state index contributed by atoms with van der Waals surface area (Å²) < 4.78 is 50.3. The van der Waals surface area contributed by atoms with Crippen LogP contribution in [0.4, 0.5) is 0 Å². The van der Waals surface area contributed by atoms with Crippen molar-refractivity contribution >= 4 is 88.6 Å². The summed E-state index contributed by atoms with van der Waals surface area (Å²) in [5.41, 5.74) is 2.41. The van der Waals surface area contributed by atoms with Gasteiger partial charge in [-0.25, -0.2) is 46.0 Å². The van der Waals surface area contributed by atoms with Crippen molar-refractivity contribution in [2.75, 3.05) is 26.2 Å². The maximum atomic E-state index is 13.6. The van der Waals surface area contributed by atoms with Crippen LogP contribution >= 0.6 is 34.8 Å². The normalized spacial score (nSPS) is 17.8. The number of aromatic nitrogens is 10. The van der Waals surface area contributed by atoms with Crippen molar-refractivity contribution in [2.24, 2.45) is 15.2 Å². The Labute approximate surface area is 453 Å². The summed E-state index contributed by atoms with van der Waals surface area (Å²) in [6.07, 6.45) is 21.1. The molecule has 7 heterocycles. The average Bonchev–Trinajstić information content (AvgIpc) is 4.15. The number of carbonyl (C=O) groups is 2. The van der Waals surface area contributed by atoms with Gasteiger partial charge in [0.05, 0.1) is 64.8 Å². The second-order valence-corrected chi connectivity index (χ2v) is 27.7. The number of rotatable bonds is 12. The number of nitriles is 2. The van der Waals surface area contributed by atoms with Crippen LogP contribution in [0.25, 0.3) is 44.6 Å². The molecule has 1 unspecified atom stereocenters. The molecule has 0 bridgehead atoms. The van der Waals surface area contributed by atoms with Crippen LogP contribution in [0.2, 0.25) is 0 Å². The first kappa shape index (κ1) is 57.4. The van der Waals surface area contributed by atoms with E-state index in [4.69, 9.17) is 40.1 Å². The van der Waals surface area contributed by atoms with Gasteiger partial charge < -0.3 is 0 Å². The first-order valence-corrected chi connectivity index (χ1v) is 29.2. The van der Waals surface area contributed by atoms with E-state index < -0.39 is 40.6 Å². The Morgan fingerprint density at radius 1 is 0.747 bits per heavy atom. The second kappa shape index (κ2) is 22.7. The molecule has 1 aliphatic heterocycles. The minimum atomic E-state index is -2.89. The third kappa shape index (κ3) is 12.4. The first-order valence-electron chi connectivity index (χ1n) is 24.8. The molecule has 1 N–H and O–H groups in total. The van der Waals surface area contributed by atoms with Crippen molar-refractivity contribution in [3.05, 3.63) is 62.0 Å². The van der Waals surface area contributed by atoms with Gasteiger partial charge in [-0.3, -0.25) is 28.1 Å². The molecule has 0 spiro atoms. The van der Waals surface area contributed by atoms with Gasteiger partial charge in [0.1, 0.15) is 28.1 Å². The van der Waals surface area contributed by atoms with Gasteiger partial charge in [-0.1, -0.05) is 83.3 Å². The summed E-state index contributed by atoms with van der Waals surface area (Å²) in [5.74, 6) is -0.0626. The Hall–Kier alpha value is -5.33. The molecule has 4 aliphatic rings. The quantitative estimate of drug-likeness (QED) is 0.112. The van der Waals surface area contributed by atoms with E-state index in [1.807, 2.05) is 86.7 Å². The van der Waals surface area contributed by atoms with Crippen LogP contribution in [0.5, 0.6) is 0 Å². The molecule has 402 valence electrons. The Balaban J connectivity index is 0.000000180. The lowest BCUT2D eigenvalue weighted by Gasteiger charge is -2.49. The zero-order valence-electron chi connectivity index (χ0n) is 43.5. The molecule has 1 atom stereocenters. The Morgan fingerprint density at radius 2 is 1.19 bits per heavy atom. The van der Waals surface area contributed by atoms with Crippen molar-refractivity contribution in [1.29, 1.82) is 10.5 Å². The minimum absolute atomic E-state index is 0.0136. The number of fused-ring (bicyclic) bond motifs is 2. The van der Waals surface area contributed by atoms with E-state index in [9.17, 15) is 27.5 Å². The number of hydrogen-bond acceptors (Lipinski definition) is 14. The van der Waals surface area contributed by atoms with Gasteiger partial charge in [0.15, 0.2) is 15.6 Å². The molecule has 3 saturated carbocycles. The fourth-order valence-electron chi connectivity index (χ4n) is 8.98. The zero-order valence-corrected chi connectivity index (χ0v) is 47.4. The summed E-state index contributed by atoms with van der Waals surface area (Å²) in [6.45, 7) is 17.0. The lowest BCUT2D eigenvalue weighted by Crippen LogP contribution is -2.64. The molecule has 75 heavy (non-hydrogen) atoms. The van der Waals surface area contributed by atoms with Crippen LogP contribution in [0.15, 0.2) is 66.3 Å². The van der Waals surface area contributed by atoms with Crippen LogP contribution in [-0.4, -0.2) is 118 Å². The topological polar surface area (TPSA) is 258 Å². The van der Waals surface area contributed by atoms with Crippen molar-refractivity contribution in [2.45, 2.75) is 139 Å². The van der Waals surface area contributed by atoms with E-state index in [1.54, 1.807) is 40.8 Å². The van der Waals surface area contributed by atoms with Gasteiger partial charge in [0.2, 0.25) is 21.8 Å². The van der Waals surface area contributed by atoms with E-state index in [1.165, 1.54) is 12.7 Å². The standard InChI is InChI=1S/C24H30N8O2S.C20H22N6O.C5H11NO2S.CHCl3/c1-5-29-35(34,18-6-7-18)30-14-24(15-30,9-10-25)32-13-17(12-28-32)20-19-8-11-31(21(19)27-16-26-20)22(33)23(2,3)4;1-19(2,3)18(27)25-10-5-15-16(22-13-23-17(15)25)14-11-24-26(12-14)20(8-9-21)6-4-7-20;1-2-6-9(7,8)5-3-4-5;2-1(3)4/h8,11-13,16,18H,5-7,9,14-15H2,1-4H3;5,10-13H,4,6-8H2,1-3H3;5-6H,2-4H2,1H3;1H. The molecule has 3 aliphatic carbocycles. The number of hydrogen-bond donors (Lipinski definition) is 1. The Morgan fingerprint density at radius 3 is 1.56 bits per heavy atom. The van der Waals surface area contributed by atoms with Crippen LogP contribution in [-0.2, 0) is 31.0 Å². The van der Waals surface area contributed by atoms with Crippen molar-refractivity contribution in [1.82, 2.24) is 57.7 Å². The number of halogens is 3. The summed E-state index contributed by atoms with van der Waals surface area (Å²) in [4.78, 5) is 43.2. The second-order valence-electron chi connectivity index (χ2n) is 21.2. The molecule has 20 nitrogen and oxygen atoms in total. The maximum Gasteiger partial charge on any atom is 0.237 e. The minimum Gasteiger partial charge on any atom is -0.273 e. The fourth-order valence-corrected chi connectivity index (χ4v) is 13.1. The van der Waals surface area contributed by atoms with Gasteiger partial charge in [-0.05, 0) is 64.0 Å². The molecule has 0 aromatic carbocycles. The summed E-state index contributed by atoms with van der Waals surface area (Å²) in [7, 11) is -5.31. The Bertz CT molecular complexity index is 3360. The Kier molecular flexibility index (Phi) is 17.4. The molecule has 6 aromatic heterocycles. The van der Waals surface area contributed by atoms with Crippen LogP contribution < -0.4 is 4.72 Å². The lowest BCUT2D eigenvalue weighted by atomic mass is 9.75. The van der Waals surface area contributed by atoms with Crippen LogP contribution in [0.1, 0.15) is 123 Å². The highest BCUT2D eigenvalue weighted by molar-refractivity contribution is 7.92. The smallest absolute Gasteiger partial charge is 0.237 e. The molecule has 4 fully saturated rings. The zero-order chi connectivity index (χ0) is 54.7. The molecule has 0 radical (unpaired) electrons. The fraction of sp³-hybridized carbons (Fsp3) is 0.560. The molecular formula is C50H64Cl3N15O5S2. The lowest BCUT2D eigenvalue weighted by molar-refractivity contribution is 0.0747.